The van der Waals surface area contributed by atoms with Crippen LogP contribution in [0.5, 0.6) is 0 Å². The molecule has 29 heavy (non-hydrogen) atoms. The number of alkyl carbamates (subject to hydrolysis) is 1. The molecule has 1 aliphatic heterocycles. The molecule has 2 N–H and O–H groups in total. The number of hydrogen-bond donors (Lipinski definition) is 2. The molecule has 6 nitrogen and oxygen atoms in total. The lowest BCUT2D eigenvalue weighted by Gasteiger charge is -2.32. The minimum Gasteiger partial charge on any atom is -0.480 e. The normalized spacial score (nSPS) is 18.0. The van der Waals surface area contributed by atoms with E-state index in [1.54, 1.807) is 0 Å². The van der Waals surface area contributed by atoms with E-state index in [1.807, 2.05) is 31.3 Å². The molecule has 152 valence electrons. The van der Waals surface area contributed by atoms with Crippen LogP contribution in [-0.4, -0.2) is 54.9 Å². The summed E-state index contributed by atoms with van der Waals surface area (Å²) in [6.45, 7) is 1.85. The summed E-state index contributed by atoms with van der Waals surface area (Å²) < 4.78 is 5.51. The van der Waals surface area contributed by atoms with Gasteiger partial charge >= 0.3 is 12.1 Å². The number of fused-ring (bicyclic) bond motifs is 3. The number of rotatable bonds is 5. The molecule has 0 radical (unpaired) electrons. The average molecular weight is 394 g/mol. The van der Waals surface area contributed by atoms with E-state index in [0.717, 1.165) is 48.2 Å². The van der Waals surface area contributed by atoms with Gasteiger partial charge in [0.1, 0.15) is 12.6 Å². The Bertz CT molecular complexity index is 860. The van der Waals surface area contributed by atoms with Crippen LogP contribution in [0.1, 0.15) is 29.9 Å². The molecular weight excluding hydrogens is 368 g/mol. The number of carbonyl (C=O) groups excluding carboxylic acids is 1. The second-order valence-corrected chi connectivity index (χ2v) is 7.93. The van der Waals surface area contributed by atoms with Crippen molar-refractivity contribution < 1.29 is 19.4 Å². The maximum atomic E-state index is 12.4. The summed E-state index contributed by atoms with van der Waals surface area (Å²) in [4.78, 5) is 26.3. The van der Waals surface area contributed by atoms with Gasteiger partial charge in [-0.3, -0.25) is 0 Å². The Kier molecular flexibility index (Phi) is 5.53. The highest BCUT2D eigenvalue weighted by Crippen LogP contribution is 2.44. The molecule has 1 fully saturated rings. The molecule has 0 saturated carbocycles. The third-order valence-corrected chi connectivity index (χ3v) is 6.12. The Morgan fingerprint density at radius 3 is 2.17 bits per heavy atom. The summed E-state index contributed by atoms with van der Waals surface area (Å²) >= 11 is 0. The number of nitrogens with zero attached hydrogens (tertiary/aromatic N) is 1. The molecule has 0 bridgehead atoms. The molecule has 4 rings (SSSR count). The fourth-order valence-corrected chi connectivity index (χ4v) is 4.51. The van der Waals surface area contributed by atoms with E-state index in [1.165, 1.54) is 0 Å². The summed E-state index contributed by atoms with van der Waals surface area (Å²) in [6.07, 6.45) is 0.826. The molecule has 1 atom stereocenters. The van der Waals surface area contributed by atoms with Gasteiger partial charge in [-0.05, 0) is 61.2 Å². The SMILES string of the molecule is CN1CCC([C@H](NC(=O)OCC2c3ccccc3-c3ccccc32)C(=O)O)CC1. The van der Waals surface area contributed by atoms with Crippen LogP contribution in [-0.2, 0) is 9.53 Å². The third-order valence-electron chi connectivity index (χ3n) is 6.12. The summed E-state index contributed by atoms with van der Waals surface area (Å²) in [6, 6.07) is 15.3. The van der Waals surface area contributed by atoms with Crippen molar-refractivity contribution in [1.29, 1.82) is 0 Å². The number of piperidine rings is 1. The van der Waals surface area contributed by atoms with Crippen LogP contribution in [0.2, 0.25) is 0 Å². The van der Waals surface area contributed by atoms with Crippen LogP contribution in [0.3, 0.4) is 0 Å². The summed E-state index contributed by atoms with van der Waals surface area (Å²) in [5.41, 5.74) is 4.58. The lowest BCUT2D eigenvalue weighted by atomic mass is 9.89. The van der Waals surface area contributed by atoms with Crippen LogP contribution in [0.25, 0.3) is 11.1 Å². The Labute approximate surface area is 170 Å². The highest BCUT2D eigenvalue weighted by atomic mass is 16.5. The van der Waals surface area contributed by atoms with Gasteiger partial charge in [0, 0.05) is 5.92 Å². The van der Waals surface area contributed by atoms with Crippen molar-refractivity contribution in [2.75, 3.05) is 26.7 Å². The first-order valence-electron chi connectivity index (χ1n) is 10.1. The van der Waals surface area contributed by atoms with Crippen LogP contribution in [0.15, 0.2) is 48.5 Å². The Hall–Kier alpha value is -2.86. The predicted molar refractivity (Wildman–Crippen MR) is 110 cm³/mol. The summed E-state index contributed by atoms with van der Waals surface area (Å²) in [7, 11) is 2.02. The standard InChI is InChI=1S/C23H26N2O4/c1-25-12-10-15(11-13-25)21(22(26)27)24-23(28)29-14-20-18-8-4-2-6-16(18)17-7-3-5-9-19(17)20/h2-9,15,20-21H,10-14H2,1H3,(H,24,28)(H,26,27)/t21-/m0/s1. The zero-order valence-electron chi connectivity index (χ0n) is 16.5. The number of benzene rings is 2. The van der Waals surface area contributed by atoms with E-state index in [9.17, 15) is 14.7 Å². The van der Waals surface area contributed by atoms with Crippen molar-refractivity contribution in [2.45, 2.75) is 24.8 Å². The number of amides is 1. The van der Waals surface area contributed by atoms with Crippen molar-refractivity contribution >= 4 is 12.1 Å². The molecule has 0 aromatic heterocycles. The van der Waals surface area contributed by atoms with Gasteiger partial charge in [0.15, 0.2) is 0 Å². The van der Waals surface area contributed by atoms with Gasteiger partial charge in [-0.15, -0.1) is 0 Å². The highest BCUT2D eigenvalue weighted by Gasteiger charge is 2.33. The minimum absolute atomic E-state index is 0.0419. The average Bonchev–Trinajstić information content (AvgIpc) is 3.05. The van der Waals surface area contributed by atoms with E-state index < -0.39 is 18.1 Å². The lowest BCUT2D eigenvalue weighted by Crippen LogP contribution is -2.49. The predicted octanol–water partition coefficient (Wildman–Crippen LogP) is 3.32. The van der Waals surface area contributed by atoms with E-state index in [2.05, 4.69) is 34.5 Å². The van der Waals surface area contributed by atoms with Crippen molar-refractivity contribution in [3.63, 3.8) is 0 Å². The van der Waals surface area contributed by atoms with Gasteiger partial charge in [-0.2, -0.15) is 0 Å². The molecule has 0 unspecified atom stereocenters. The molecule has 1 aliphatic carbocycles. The second kappa shape index (κ2) is 8.25. The first kappa shape index (κ1) is 19.5. The van der Waals surface area contributed by atoms with E-state index >= 15 is 0 Å². The molecule has 1 saturated heterocycles. The monoisotopic (exact) mass is 394 g/mol. The van der Waals surface area contributed by atoms with Crippen LogP contribution in [0.4, 0.5) is 4.79 Å². The number of hydrogen-bond acceptors (Lipinski definition) is 4. The van der Waals surface area contributed by atoms with E-state index in [4.69, 9.17) is 4.74 Å². The van der Waals surface area contributed by atoms with Gasteiger partial charge in [-0.1, -0.05) is 48.5 Å². The zero-order valence-corrected chi connectivity index (χ0v) is 16.5. The van der Waals surface area contributed by atoms with Crippen molar-refractivity contribution in [3.8, 4) is 11.1 Å². The molecule has 0 spiro atoms. The third kappa shape index (κ3) is 3.98. The molecule has 1 heterocycles. The highest BCUT2D eigenvalue weighted by molar-refractivity contribution is 5.81. The Morgan fingerprint density at radius 1 is 1.07 bits per heavy atom. The fourth-order valence-electron chi connectivity index (χ4n) is 4.51. The van der Waals surface area contributed by atoms with Crippen molar-refractivity contribution in [1.82, 2.24) is 10.2 Å². The molecule has 2 aromatic carbocycles. The summed E-state index contributed by atoms with van der Waals surface area (Å²) in [5.74, 6) is -1.13. The first-order chi connectivity index (χ1) is 14.0. The second-order valence-electron chi connectivity index (χ2n) is 7.93. The fraction of sp³-hybridized carbons (Fsp3) is 0.391. The smallest absolute Gasteiger partial charge is 0.407 e. The molecule has 2 aliphatic rings. The topological polar surface area (TPSA) is 78.9 Å². The zero-order chi connectivity index (χ0) is 20.4. The number of carbonyl (C=O) groups is 2. The largest absolute Gasteiger partial charge is 0.480 e. The van der Waals surface area contributed by atoms with E-state index in [0.29, 0.717) is 0 Å². The van der Waals surface area contributed by atoms with Crippen LogP contribution < -0.4 is 5.32 Å². The molecular formula is C23H26N2O4. The minimum atomic E-state index is -1.01. The van der Waals surface area contributed by atoms with Crippen LogP contribution in [0, 0.1) is 5.92 Å². The Morgan fingerprint density at radius 2 is 1.62 bits per heavy atom. The number of likely N-dealkylation sites (tertiary alicyclic amines) is 1. The van der Waals surface area contributed by atoms with Gasteiger partial charge < -0.3 is 20.1 Å². The summed E-state index contributed by atoms with van der Waals surface area (Å²) in [5, 5.41) is 12.2. The van der Waals surface area contributed by atoms with Gasteiger partial charge in [0.2, 0.25) is 0 Å². The van der Waals surface area contributed by atoms with Crippen molar-refractivity contribution in [3.05, 3.63) is 59.7 Å². The number of aliphatic carboxylic acids is 1. The first-order valence-corrected chi connectivity index (χ1v) is 10.1. The molecule has 6 heteroatoms. The Balaban J connectivity index is 1.42. The number of carboxylic acids is 1. The molecule has 1 amide bonds. The quantitative estimate of drug-likeness (QED) is 0.813. The number of ether oxygens (including phenoxy) is 1. The number of carboxylic acid groups (broad SMARTS) is 1. The van der Waals surface area contributed by atoms with Gasteiger partial charge in [-0.25, -0.2) is 9.59 Å². The lowest BCUT2D eigenvalue weighted by molar-refractivity contribution is -0.141. The number of nitrogens with one attached hydrogen (secondary N) is 1. The van der Waals surface area contributed by atoms with E-state index in [-0.39, 0.29) is 18.4 Å². The molecule has 2 aromatic rings. The maximum Gasteiger partial charge on any atom is 0.407 e. The van der Waals surface area contributed by atoms with Crippen molar-refractivity contribution in [2.24, 2.45) is 5.92 Å². The van der Waals surface area contributed by atoms with Gasteiger partial charge in [0.05, 0.1) is 0 Å². The van der Waals surface area contributed by atoms with Crippen LogP contribution >= 0.6 is 0 Å². The maximum absolute atomic E-state index is 12.4. The van der Waals surface area contributed by atoms with Gasteiger partial charge in [0.25, 0.3) is 0 Å².